The zero-order valence-corrected chi connectivity index (χ0v) is 14.0. The van der Waals surface area contributed by atoms with Gasteiger partial charge in [0.15, 0.2) is 5.11 Å². The summed E-state index contributed by atoms with van der Waals surface area (Å²) in [5.74, 6) is -0.321. The highest BCUT2D eigenvalue weighted by Gasteiger charge is 2.03. The molecule has 0 saturated carbocycles. The van der Waals surface area contributed by atoms with Crippen LogP contribution in [0.4, 0.5) is 10.1 Å². The van der Waals surface area contributed by atoms with Crippen molar-refractivity contribution in [2.24, 2.45) is 0 Å². The summed E-state index contributed by atoms with van der Waals surface area (Å²) in [6, 6.07) is 6.43. The van der Waals surface area contributed by atoms with Crippen molar-refractivity contribution in [1.29, 1.82) is 0 Å². The fraction of sp³-hybridized carbons (Fsp3) is 0.286. The first-order valence-electron chi connectivity index (χ1n) is 6.55. The molecule has 21 heavy (non-hydrogen) atoms. The number of hydrogen-bond acceptors (Lipinski definition) is 2. The van der Waals surface area contributed by atoms with Crippen molar-refractivity contribution in [3.63, 3.8) is 0 Å². The van der Waals surface area contributed by atoms with Gasteiger partial charge in [0.1, 0.15) is 5.82 Å². The molecule has 1 aromatic carbocycles. The Hall–Kier alpha value is -1.47. The van der Waals surface area contributed by atoms with Gasteiger partial charge < -0.3 is 10.6 Å². The van der Waals surface area contributed by atoms with Gasteiger partial charge in [0.05, 0.1) is 15.9 Å². The van der Waals surface area contributed by atoms with Gasteiger partial charge >= 0.3 is 0 Å². The molecule has 2 N–H and O–H groups in total. The summed E-state index contributed by atoms with van der Waals surface area (Å²) in [6.07, 6.45) is 2.82. The number of anilines is 1. The van der Waals surface area contributed by atoms with E-state index in [0.717, 1.165) is 23.1 Å². The molecular weight excluding hydrogens is 355 g/mol. The van der Waals surface area contributed by atoms with Gasteiger partial charge in [-0.05, 0) is 53.6 Å². The molecule has 0 saturated heterocycles. The standard InChI is InChI=1S/C14H16BrFN4S/c1-10-11(15)9-20(19-10)8-4-7-17-14(21)18-13-6-3-2-5-12(13)16/h2-3,5-6,9H,4,7-8H2,1H3,(H2,17,18,21). The molecule has 4 nitrogen and oxygen atoms in total. The molecule has 0 aliphatic carbocycles. The predicted molar refractivity (Wildman–Crippen MR) is 89.9 cm³/mol. The van der Waals surface area contributed by atoms with Crippen LogP contribution in [0.25, 0.3) is 0 Å². The fourth-order valence-corrected chi connectivity index (χ4v) is 2.31. The minimum absolute atomic E-state index is 0.321. The van der Waals surface area contributed by atoms with E-state index in [-0.39, 0.29) is 5.82 Å². The quantitative estimate of drug-likeness (QED) is 0.624. The van der Waals surface area contributed by atoms with Gasteiger partial charge in [-0.25, -0.2) is 4.39 Å². The molecule has 1 aromatic heterocycles. The smallest absolute Gasteiger partial charge is 0.170 e. The maximum atomic E-state index is 13.4. The van der Waals surface area contributed by atoms with E-state index in [9.17, 15) is 4.39 Å². The van der Waals surface area contributed by atoms with Crippen LogP contribution in [0.5, 0.6) is 0 Å². The predicted octanol–water partition coefficient (Wildman–Crippen LogP) is 3.47. The number of para-hydroxylation sites is 1. The molecule has 0 radical (unpaired) electrons. The minimum atomic E-state index is -0.321. The van der Waals surface area contributed by atoms with Crippen LogP contribution in [0.1, 0.15) is 12.1 Å². The van der Waals surface area contributed by atoms with Crippen LogP contribution >= 0.6 is 28.1 Å². The SMILES string of the molecule is Cc1nn(CCCNC(=S)Nc2ccccc2F)cc1Br. The van der Waals surface area contributed by atoms with E-state index in [4.69, 9.17) is 12.2 Å². The lowest BCUT2D eigenvalue weighted by Gasteiger charge is -2.11. The number of rotatable bonds is 5. The van der Waals surface area contributed by atoms with Gasteiger partial charge in [-0.15, -0.1) is 0 Å². The lowest BCUT2D eigenvalue weighted by Crippen LogP contribution is -2.30. The Kier molecular flexibility index (Phi) is 5.69. The molecule has 0 unspecified atom stereocenters. The first-order valence-corrected chi connectivity index (χ1v) is 7.75. The summed E-state index contributed by atoms with van der Waals surface area (Å²) in [4.78, 5) is 0. The molecule has 0 fully saturated rings. The van der Waals surface area contributed by atoms with Crippen molar-refractivity contribution < 1.29 is 4.39 Å². The first kappa shape index (κ1) is 15.9. The molecule has 2 rings (SSSR count). The molecular formula is C14H16BrFN4S. The van der Waals surface area contributed by atoms with Crippen LogP contribution in [-0.4, -0.2) is 21.4 Å². The third kappa shape index (κ3) is 4.78. The Morgan fingerprint density at radius 3 is 2.86 bits per heavy atom. The number of aromatic nitrogens is 2. The average molecular weight is 371 g/mol. The van der Waals surface area contributed by atoms with Crippen molar-refractivity contribution in [3.05, 3.63) is 46.4 Å². The number of thiocarbonyl (C=S) groups is 1. The van der Waals surface area contributed by atoms with E-state index >= 15 is 0 Å². The molecule has 0 spiro atoms. The molecule has 1 heterocycles. The Balaban J connectivity index is 1.71. The molecule has 2 aromatic rings. The van der Waals surface area contributed by atoms with Crippen molar-refractivity contribution in [2.45, 2.75) is 19.9 Å². The zero-order valence-electron chi connectivity index (χ0n) is 11.6. The largest absolute Gasteiger partial charge is 0.362 e. The van der Waals surface area contributed by atoms with E-state index in [1.807, 2.05) is 17.8 Å². The van der Waals surface area contributed by atoms with Crippen LogP contribution < -0.4 is 10.6 Å². The highest BCUT2D eigenvalue weighted by molar-refractivity contribution is 9.10. The van der Waals surface area contributed by atoms with Crippen molar-refractivity contribution >= 4 is 38.9 Å². The van der Waals surface area contributed by atoms with E-state index in [1.54, 1.807) is 18.2 Å². The number of hydrogen-bond donors (Lipinski definition) is 2. The topological polar surface area (TPSA) is 41.9 Å². The molecule has 0 amide bonds. The fourth-order valence-electron chi connectivity index (χ4n) is 1.78. The second-order valence-corrected chi connectivity index (χ2v) is 5.80. The van der Waals surface area contributed by atoms with Gasteiger partial charge in [-0.1, -0.05) is 12.1 Å². The molecule has 0 aliphatic rings. The normalized spacial score (nSPS) is 10.4. The average Bonchev–Trinajstić information content (AvgIpc) is 2.76. The van der Waals surface area contributed by atoms with Crippen LogP contribution in [0.3, 0.4) is 0 Å². The Morgan fingerprint density at radius 1 is 1.43 bits per heavy atom. The van der Waals surface area contributed by atoms with Crippen molar-refractivity contribution in [1.82, 2.24) is 15.1 Å². The zero-order chi connectivity index (χ0) is 15.2. The lowest BCUT2D eigenvalue weighted by atomic mass is 10.3. The van der Waals surface area contributed by atoms with Gasteiger partial charge in [0, 0.05) is 19.3 Å². The van der Waals surface area contributed by atoms with Gasteiger partial charge in [0.2, 0.25) is 0 Å². The van der Waals surface area contributed by atoms with Gasteiger partial charge in [-0.3, -0.25) is 4.68 Å². The van der Waals surface area contributed by atoms with E-state index in [2.05, 4.69) is 31.7 Å². The third-order valence-corrected chi connectivity index (χ3v) is 3.88. The highest BCUT2D eigenvalue weighted by Crippen LogP contribution is 2.13. The minimum Gasteiger partial charge on any atom is -0.362 e. The summed E-state index contributed by atoms with van der Waals surface area (Å²) in [6.45, 7) is 3.44. The Bertz CT molecular complexity index is 610. The maximum Gasteiger partial charge on any atom is 0.170 e. The second kappa shape index (κ2) is 7.51. The number of nitrogens with zero attached hydrogens (tertiary/aromatic N) is 2. The summed E-state index contributed by atoms with van der Waals surface area (Å²) < 4.78 is 16.3. The van der Waals surface area contributed by atoms with Crippen molar-refractivity contribution in [2.75, 3.05) is 11.9 Å². The monoisotopic (exact) mass is 370 g/mol. The molecule has 0 atom stereocenters. The summed E-state index contributed by atoms with van der Waals surface area (Å²) >= 11 is 8.56. The van der Waals surface area contributed by atoms with Crippen LogP contribution in [0.15, 0.2) is 34.9 Å². The lowest BCUT2D eigenvalue weighted by molar-refractivity contribution is 0.570. The molecule has 0 bridgehead atoms. The van der Waals surface area contributed by atoms with Gasteiger partial charge in [-0.2, -0.15) is 5.10 Å². The summed E-state index contributed by atoms with van der Waals surface area (Å²) in [5, 5.41) is 10.7. The highest BCUT2D eigenvalue weighted by atomic mass is 79.9. The van der Waals surface area contributed by atoms with E-state index in [1.165, 1.54) is 6.07 Å². The molecule has 0 aliphatic heterocycles. The second-order valence-electron chi connectivity index (χ2n) is 4.54. The number of halogens is 2. The molecule has 112 valence electrons. The van der Waals surface area contributed by atoms with Crippen LogP contribution in [-0.2, 0) is 6.54 Å². The number of nitrogens with one attached hydrogen (secondary N) is 2. The number of aryl methyl sites for hydroxylation is 2. The Labute approximate surface area is 136 Å². The first-order chi connectivity index (χ1) is 10.1. The summed E-state index contributed by atoms with van der Waals surface area (Å²) in [7, 11) is 0. The van der Waals surface area contributed by atoms with E-state index in [0.29, 0.717) is 17.3 Å². The number of benzene rings is 1. The van der Waals surface area contributed by atoms with Crippen LogP contribution in [0, 0.1) is 12.7 Å². The van der Waals surface area contributed by atoms with Crippen molar-refractivity contribution in [3.8, 4) is 0 Å². The third-order valence-electron chi connectivity index (χ3n) is 2.86. The van der Waals surface area contributed by atoms with Crippen LogP contribution in [0.2, 0.25) is 0 Å². The van der Waals surface area contributed by atoms with Gasteiger partial charge in [0.25, 0.3) is 0 Å². The Morgan fingerprint density at radius 2 is 2.19 bits per heavy atom. The maximum absolute atomic E-state index is 13.4. The van der Waals surface area contributed by atoms with E-state index < -0.39 is 0 Å². The summed E-state index contributed by atoms with van der Waals surface area (Å²) in [5.41, 5.74) is 1.35. The molecule has 7 heteroatoms.